The number of hydrogen-bond acceptors (Lipinski definition) is 5. The molecule has 0 aliphatic carbocycles. The van der Waals surface area contributed by atoms with E-state index in [0.717, 1.165) is 0 Å². The standard InChI is InChI=1S/C22H19ClN4O3/c1-25(2)19-12-11-14(13-20(19)27(29)30)21-24-17-9-5-3-7-15(17)22(28)26(21)18-10-6-4-8-16(18)23/h3-13,21,24H,1-2H3/t21-/m1/s1. The Bertz CT molecular complexity index is 1150. The summed E-state index contributed by atoms with van der Waals surface area (Å²) in [6.45, 7) is 0. The van der Waals surface area contributed by atoms with Crippen molar-refractivity contribution in [3.05, 3.63) is 93.0 Å². The highest BCUT2D eigenvalue weighted by atomic mass is 35.5. The van der Waals surface area contributed by atoms with Gasteiger partial charge in [0.05, 0.1) is 21.2 Å². The lowest BCUT2D eigenvalue weighted by atomic mass is 10.0. The zero-order chi connectivity index (χ0) is 21.4. The Kier molecular flexibility index (Phi) is 5.05. The number of hydrogen-bond donors (Lipinski definition) is 1. The molecule has 1 N–H and O–H groups in total. The number of nitro benzene ring substituents is 1. The molecular formula is C22H19ClN4O3. The predicted octanol–water partition coefficient (Wildman–Crippen LogP) is 5.09. The summed E-state index contributed by atoms with van der Waals surface area (Å²) in [7, 11) is 3.49. The maximum atomic E-state index is 13.4. The Morgan fingerprint density at radius 2 is 1.77 bits per heavy atom. The van der Waals surface area contributed by atoms with Gasteiger partial charge in [-0.3, -0.25) is 19.8 Å². The van der Waals surface area contributed by atoms with E-state index in [0.29, 0.717) is 33.2 Å². The van der Waals surface area contributed by atoms with Gasteiger partial charge in [0, 0.05) is 31.4 Å². The number of benzene rings is 3. The highest BCUT2D eigenvalue weighted by Crippen LogP contribution is 2.41. The van der Waals surface area contributed by atoms with Crippen LogP contribution in [0.2, 0.25) is 5.02 Å². The molecule has 3 aromatic rings. The van der Waals surface area contributed by atoms with Crippen LogP contribution in [0.3, 0.4) is 0 Å². The van der Waals surface area contributed by atoms with E-state index in [1.54, 1.807) is 72.4 Å². The fourth-order valence-electron chi connectivity index (χ4n) is 3.62. The van der Waals surface area contributed by atoms with E-state index in [9.17, 15) is 14.9 Å². The molecule has 0 unspecified atom stereocenters. The van der Waals surface area contributed by atoms with E-state index >= 15 is 0 Å². The molecule has 0 radical (unpaired) electrons. The van der Waals surface area contributed by atoms with Crippen LogP contribution in [0.4, 0.5) is 22.7 Å². The Morgan fingerprint density at radius 1 is 1.07 bits per heavy atom. The van der Waals surface area contributed by atoms with Gasteiger partial charge in [0.2, 0.25) is 0 Å². The van der Waals surface area contributed by atoms with Gasteiger partial charge < -0.3 is 10.2 Å². The minimum absolute atomic E-state index is 0.0373. The molecule has 1 aliphatic heterocycles. The third-order valence-corrected chi connectivity index (χ3v) is 5.35. The molecule has 1 amide bonds. The highest BCUT2D eigenvalue weighted by molar-refractivity contribution is 6.34. The van der Waals surface area contributed by atoms with Crippen molar-refractivity contribution in [1.29, 1.82) is 0 Å². The zero-order valence-corrected chi connectivity index (χ0v) is 17.1. The van der Waals surface area contributed by atoms with Crippen molar-refractivity contribution in [3.8, 4) is 0 Å². The molecule has 0 aromatic heterocycles. The van der Waals surface area contributed by atoms with Crippen LogP contribution in [0.5, 0.6) is 0 Å². The van der Waals surface area contributed by atoms with Crippen LogP contribution in [-0.2, 0) is 0 Å². The molecule has 3 aromatic carbocycles. The van der Waals surface area contributed by atoms with Gasteiger partial charge in [-0.05, 0) is 30.3 Å². The summed E-state index contributed by atoms with van der Waals surface area (Å²) in [5, 5.41) is 15.4. The lowest BCUT2D eigenvalue weighted by Crippen LogP contribution is -2.43. The van der Waals surface area contributed by atoms with Crippen molar-refractivity contribution in [2.24, 2.45) is 0 Å². The van der Waals surface area contributed by atoms with Crippen molar-refractivity contribution in [2.75, 3.05) is 29.2 Å². The summed E-state index contributed by atoms with van der Waals surface area (Å²) >= 11 is 6.41. The average Bonchev–Trinajstić information content (AvgIpc) is 2.74. The van der Waals surface area contributed by atoms with Crippen LogP contribution in [-0.4, -0.2) is 24.9 Å². The van der Waals surface area contributed by atoms with Gasteiger partial charge >= 0.3 is 0 Å². The molecule has 1 heterocycles. The number of nitro groups is 1. The maximum Gasteiger partial charge on any atom is 0.292 e. The summed E-state index contributed by atoms with van der Waals surface area (Å²) in [6.07, 6.45) is -0.665. The number of amides is 1. The maximum absolute atomic E-state index is 13.4. The Hall–Kier alpha value is -3.58. The Balaban J connectivity index is 1.90. The summed E-state index contributed by atoms with van der Waals surface area (Å²) in [5.41, 5.74) is 2.72. The molecule has 152 valence electrons. The smallest absolute Gasteiger partial charge is 0.292 e. The molecule has 8 heteroatoms. The van der Waals surface area contributed by atoms with Crippen molar-refractivity contribution in [2.45, 2.75) is 6.17 Å². The van der Waals surface area contributed by atoms with Gasteiger partial charge in [0.15, 0.2) is 0 Å². The first-order valence-corrected chi connectivity index (χ1v) is 9.65. The number of fused-ring (bicyclic) bond motifs is 1. The van der Waals surface area contributed by atoms with Crippen LogP contribution in [0, 0.1) is 10.1 Å². The Labute approximate surface area is 178 Å². The first kappa shape index (κ1) is 19.7. The normalized spacial score (nSPS) is 15.4. The van der Waals surface area contributed by atoms with E-state index in [4.69, 9.17) is 11.6 Å². The second-order valence-electron chi connectivity index (χ2n) is 7.12. The van der Waals surface area contributed by atoms with Crippen molar-refractivity contribution in [1.82, 2.24) is 0 Å². The van der Waals surface area contributed by atoms with Gasteiger partial charge in [0.25, 0.3) is 11.6 Å². The van der Waals surface area contributed by atoms with Crippen molar-refractivity contribution < 1.29 is 9.72 Å². The topological polar surface area (TPSA) is 78.7 Å². The van der Waals surface area contributed by atoms with Gasteiger partial charge in [-0.15, -0.1) is 0 Å². The molecule has 4 rings (SSSR count). The molecule has 7 nitrogen and oxygen atoms in total. The van der Waals surface area contributed by atoms with Crippen molar-refractivity contribution in [3.63, 3.8) is 0 Å². The van der Waals surface area contributed by atoms with E-state index < -0.39 is 11.1 Å². The fraction of sp³-hybridized carbons (Fsp3) is 0.136. The lowest BCUT2D eigenvalue weighted by molar-refractivity contribution is -0.384. The Morgan fingerprint density at radius 3 is 2.47 bits per heavy atom. The molecule has 1 aliphatic rings. The van der Waals surface area contributed by atoms with Crippen LogP contribution in [0.15, 0.2) is 66.7 Å². The van der Waals surface area contributed by atoms with E-state index in [1.807, 2.05) is 12.1 Å². The van der Waals surface area contributed by atoms with Gasteiger partial charge in [-0.1, -0.05) is 41.9 Å². The average molecular weight is 423 g/mol. The van der Waals surface area contributed by atoms with Crippen LogP contribution in [0.1, 0.15) is 22.1 Å². The third-order valence-electron chi connectivity index (χ3n) is 5.03. The van der Waals surface area contributed by atoms with Crippen molar-refractivity contribution >= 4 is 40.3 Å². The first-order valence-electron chi connectivity index (χ1n) is 9.28. The number of nitrogens with one attached hydrogen (secondary N) is 1. The zero-order valence-electron chi connectivity index (χ0n) is 16.4. The minimum Gasteiger partial charge on any atom is -0.372 e. The summed E-state index contributed by atoms with van der Waals surface area (Å²) in [5.74, 6) is -0.234. The van der Waals surface area contributed by atoms with Crippen LogP contribution < -0.4 is 15.1 Å². The molecule has 0 saturated heterocycles. The number of carbonyl (C=O) groups is 1. The first-order chi connectivity index (χ1) is 14.4. The SMILES string of the molecule is CN(C)c1ccc([C@@H]2Nc3ccccc3C(=O)N2c2ccccc2Cl)cc1[N+](=O)[O-]. The molecule has 0 saturated carbocycles. The van der Waals surface area contributed by atoms with Crippen LogP contribution >= 0.6 is 11.6 Å². The fourth-order valence-corrected chi connectivity index (χ4v) is 3.84. The second-order valence-corrected chi connectivity index (χ2v) is 7.53. The number of rotatable bonds is 4. The number of carbonyl (C=O) groups excluding carboxylic acids is 1. The summed E-state index contributed by atoms with van der Waals surface area (Å²) in [6, 6.07) is 19.2. The second kappa shape index (κ2) is 7.68. The van der Waals surface area contributed by atoms with E-state index in [-0.39, 0.29) is 11.6 Å². The number of halogens is 1. The van der Waals surface area contributed by atoms with Crippen LogP contribution in [0.25, 0.3) is 0 Å². The molecule has 0 bridgehead atoms. The number of nitrogens with zero attached hydrogens (tertiary/aromatic N) is 3. The van der Waals surface area contributed by atoms with Gasteiger partial charge in [0.1, 0.15) is 11.9 Å². The minimum atomic E-state index is -0.665. The molecule has 1 atom stereocenters. The number of anilines is 3. The predicted molar refractivity (Wildman–Crippen MR) is 118 cm³/mol. The largest absolute Gasteiger partial charge is 0.372 e. The highest BCUT2D eigenvalue weighted by Gasteiger charge is 2.36. The molecule has 0 spiro atoms. The summed E-state index contributed by atoms with van der Waals surface area (Å²) < 4.78 is 0. The lowest BCUT2D eigenvalue weighted by Gasteiger charge is -2.38. The molecule has 30 heavy (non-hydrogen) atoms. The third kappa shape index (κ3) is 3.33. The molecular weight excluding hydrogens is 404 g/mol. The quantitative estimate of drug-likeness (QED) is 0.468. The molecule has 0 fully saturated rings. The van der Waals surface area contributed by atoms with Gasteiger partial charge in [-0.2, -0.15) is 0 Å². The van der Waals surface area contributed by atoms with Gasteiger partial charge in [-0.25, -0.2) is 0 Å². The van der Waals surface area contributed by atoms with E-state index in [1.165, 1.54) is 6.07 Å². The van der Waals surface area contributed by atoms with E-state index in [2.05, 4.69) is 5.32 Å². The number of para-hydroxylation sites is 2. The summed E-state index contributed by atoms with van der Waals surface area (Å²) in [4.78, 5) is 27.9. The monoisotopic (exact) mass is 422 g/mol.